The maximum absolute atomic E-state index is 13.9. The number of benzene rings is 2. The number of hydrogen-bond acceptors (Lipinski definition) is 7. The summed E-state index contributed by atoms with van der Waals surface area (Å²) in [6.07, 6.45) is 1.58. The van der Waals surface area contributed by atoms with Crippen molar-refractivity contribution in [2.24, 2.45) is 0 Å². The van der Waals surface area contributed by atoms with Crippen LogP contribution < -0.4 is 10.1 Å². The lowest BCUT2D eigenvalue weighted by Crippen LogP contribution is -2.45. The molecule has 2 aromatic carbocycles. The minimum absolute atomic E-state index is 0.0916. The van der Waals surface area contributed by atoms with Crippen molar-refractivity contribution in [2.45, 2.75) is 36.8 Å². The molecule has 2 N–H and O–H groups in total. The van der Waals surface area contributed by atoms with Crippen LogP contribution in [0, 0.1) is 0 Å². The minimum atomic E-state index is -1.64. The molecule has 1 unspecified atom stereocenters. The largest absolute Gasteiger partial charge is 0.491 e. The number of nitrogens with zero attached hydrogens (tertiary/aromatic N) is 2. The van der Waals surface area contributed by atoms with Crippen LogP contribution in [0.15, 0.2) is 47.4 Å². The maximum atomic E-state index is 13.9. The smallest absolute Gasteiger partial charge is 0.409 e. The van der Waals surface area contributed by atoms with Gasteiger partial charge in [-0.1, -0.05) is 29.8 Å². The van der Waals surface area contributed by atoms with E-state index in [9.17, 15) is 13.8 Å². The Morgan fingerprint density at radius 2 is 2.00 bits per heavy atom. The van der Waals surface area contributed by atoms with Crippen molar-refractivity contribution in [3.63, 3.8) is 0 Å². The molecule has 3 aromatic rings. The molecule has 0 radical (unpaired) electrons. The first kappa shape index (κ1) is 28.4. The number of anilines is 1. The zero-order valence-electron chi connectivity index (χ0n) is 22.3. The van der Waals surface area contributed by atoms with Crippen LogP contribution in [-0.4, -0.2) is 88.9 Å². The molecule has 2 aliphatic heterocycles. The number of likely N-dealkylation sites (tertiary alicyclic amines) is 1. The Morgan fingerprint density at radius 1 is 1.23 bits per heavy atom. The number of aromatic nitrogens is 1. The summed E-state index contributed by atoms with van der Waals surface area (Å²) in [5.74, 6) is 0.741. The van der Waals surface area contributed by atoms with E-state index in [0.29, 0.717) is 73.1 Å². The topological polar surface area (TPSA) is 113 Å². The third-order valence-corrected chi connectivity index (χ3v) is 8.85. The summed E-state index contributed by atoms with van der Waals surface area (Å²) in [6, 6.07) is 13.1. The Kier molecular flexibility index (Phi) is 9.25. The van der Waals surface area contributed by atoms with Gasteiger partial charge >= 0.3 is 6.09 Å². The quantitative estimate of drug-likeness (QED) is 0.355. The number of carbonyl (C=O) groups excluding carboxylic acids is 2. The molecule has 0 bridgehead atoms. The number of halogens is 1. The Morgan fingerprint density at radius 3 is 2.73 bits per heavy atom. The minimum Gasteiger partial charge on any atom is -0.491 e. The summed E-state index contributed by atoms with van der Waals surface area (Å²) in [4.78, 5) is 29.4. The zero-order valence-corrected chi connectivity index (χ0v) is 23.8. The summed E-state index contributed by atoms with van der Waals surface area (Å²) in [5.41, 5.74) is 1.64. The molecule has 2 atom stereocenters. The summed E-state index contributed by atoms with van der Waals surface area (Å²) >= 11 is 6.52. The van der Waals surface area contributed by atoms with Crippen molar-refractivity contribution in [2.75, 3.05) is 51.3 Å². The summed E-state index contributed by atoms with van der Waals surface area (Å²) in [5, 5.41) is 4.61. The molecule has 0 spiro atoms. The second kappa shape index (κ2) is 13.0. The fourth-order valence-corrected chi connectivity index (χ4v) is 6.72. The molecule has 1 aromatic heterocycles. The molecule has 3 heterocycles. The van der Waals surface area contributed by atoms with E-state index < -0.39 is 11.0 Å². The molecule has 12 heteroatoms. The monoisotopic (exact) mass is 588 g/mol. The number of hydrogen-bond donors (Lipinski definition) is 2. The highest BCUT2D eigenvalue weighted by molar-refractivity contribution is 7.83. The van der Waals surface area contributed by atoms with Crippen LogP contribution in [0.5, 0.6) is 5.75 Å². The predicted molar refractivity (Wildman–Crippen MR) is 154 cm³/mol. The number of rotatable bonds is 9. The van der Waals surface area contributed by atoms with E-state index in [1.54, 1.807) is 28.3 Å². The molecular weight excluding hydrogens is 556 g/mol. The molecule has 214 valence electrons. The number of nitrogens with one attached hydrogen (secondary N) is 2. The van der Waals surface area contributed by atoms with E-state index in [4.69, 9.17) is 25.8 Å². The number of morpholine rings is 1. The van der Waals surface area contributed by atoms with Gasteiger partial charge in [0.1, 0.15) is 29.4 Å². The zero-order chi connectivity index (χ0) is 28.1. The Hall–Kier alpha value is -3.12. The van der Waals surface area contributed by atoms with Crippen molar-refractivity contribution in [3.05, 3.63) is 53.2 Å². The van der Waals surface area contributed by atoms with Crippen LogP contribution in [0.4, 0.5) is 10.5 Å². The number of amides is 1. The number of piperidine rings is 1. The normalized spacial score (nSPS) is 19.4. The van der Waals surface area contributed by atoms with E-state index in [1.807, 2.05) is 30.3 Å². The Bertz CT molecular complexity index is 1360. The summed E-state index contributed by atoms with van der Waals surface area (Å²) < 4.78 is 32.5. The lowest BCUT2D eigenvalue weighted by atomic mass is 10.0. The fourth-order valence-electron chi connectivity index (χ4n) is 5.06. The van der Waals surface area contributed by atoms with Gasteiger partial charge in [-0.15, -0.1) is 0 Å². The van der Waals surface area contributed by atoms with Crippen LogP contribution in [0.3, 0.4) is 0 Å². The Labute approximate surface area is 240 Å². The number of carbonyl (C=O) groups is 2. The van der Waals surface area contributed by atoms with Crippen LogP contribution in [0.2, 0.25) is 5.02 Å². The number of H-pyrrole nitrogens is 1. The Balaban J connectivity index is 1.32. The average Bonchev–Trinajstić information content (AvgIpc) is 3.35. The van der Waals surface area contributed by atoms with Crippen LogP contribution in [0.25, 0.3) is 10.9 Å². The van der Waals surface area contributed by atoms with E-state index in [-0.39, 0.29) is 23.9 Å². The standard InChI is InChI=1S/C28H33ClN4O6S/c1-2-37-28(35)32-10-8-20(9-11-32)30-24-15-19(29)14-23-26(24)31-25(17-34)27(23)40(36)33-12-13-38-22(16-33)18-39-21-6-4-3-5-7-21/h3-7,14-15,17,20,22,30-31H,2,8-13,16,18H2,1H3/t22-,40?/m0/s1. The highest BCUT2D eigenvalue weighted by atomic mass is 35.5. The lowest BCUT2D eigenvalue weighted by Gasteiger charge is -2.32. The van der Waals surface area contributed by atoms with Gasteiger partial charge in [-0.3, -0.25) is 4.79 Å². The van der Waals surface area contributed by atoms with Crippen LogP contribution in [-0.2, 0) is 20.5 Å². The number of aldehydes is 1. The number of aromatic amines is 1. The molecule has 1 amide bonds. The second-order valence-electron chi connectivity index (χ2n) is 9.72. The fraction of sp³-hybridized carbons (Fsp3) is 0.429. The third kappa shape index (κ3) is 6.43. The third-order valence-electron chi connectivity index (χ3n) is 7.04. The average molecular weight is 589 g/mol. The van der Waals surface area contributed by atoms with Crippen molar-refractivity contribution < 1.29 is 28.0 Å². The molecule has 2 fully saturated rings. The summed E-state index contributed by atoms with van der Waals surface area (Å²) in [7, 11) is -1.64. The van der Waals surface area contributed by atoms with Crippen LogP contribution >= 0.6 is 11.6 Å². The van der Waals surface area contributed by atoms with Crippen molar-refractivity contribution >= 4 is 51.6 Å². The van der Waals surface area contributed by atoms with Crippen molar-refractivity contribution in [1.82, 2.24) is 14.2 Å². The van der Waals surface area contributed by atoms with Gasteiger partial charge in [0.05, 0.1) is 35.0 Å². The molecule has 0 aliphatic carbocycles. The molecule has 2 saturated heterocycles. The number of fused-ring (bicyclic) bond motifs is 1. The van der Waals surface area contributed by atoms with E-state index in [1.165, 1.54) is 0 Å². The molecule has 5 rings (SSSR count). The first-order valence-corrected chi connectivity index (χ1v) is 14.9. The first-order chi connectivity index (χ1) is 19.5. The summed E-state index contributed by atoms with van der Waals surface area (Å²) in [6.45, 7) is 4.84. The van der Waals surface area contributed by atoms with Gasteiger partial charge in [0.25, 0.3) is 0 Å². The number of ether oxygens (including phenoxy) is 3. The second-order valence-corrected chi connectivity index (χ2v) is 11.6. The SMILES string of the molecule is CCOC(=O)N1CCC(Nc2cc(Cl)cc3c(S(=O)N4CCO[C@H](COc5ccccc5)C4)c(C=O)[nH]c23)CC1. The van der Waals surface area contributed by atoms with Crippen molar-refractivity contribution in [3.8, 4) is 5.75 Å². The number of para-hydroxylation sites is 1. The van der Waals surface area contributed by atoms with Crippen molar-refractivity contribution in [1.29, 1.82) is 0 Å². The predicted octanol–water partition coefficient (Wildman–Crippen LogP) is 4.47. The molecule has 2 aliphatic rings. The molecule has 10 nitrogen and oxygen atoms in total. The van der Waals surface area contributed by atoms with Gasteiger partial charge in [-0.05, 0) is 44.0 Å². The lowest BCUT2D eigenvalue weighted by molar-refractivity contribution is -0.0237. The molecule has 40 heavy (non-hydrogen) atoms. The molecular formula is C28H33ClN4O6S. The van der Waals surface area contributed by atoms with Gasteiger partial charge in [0.15, 0.2) is 6.29 Å². The van der Waals surface area contributed by atoms with Gasteiger partial charge in [-0.2, -0.15) is 0 Å². The van der Waals surface area contributed by atoms with Crippen LogP contribution in [0.1, 0.15) is 30.3 Å². The van der Waals surface area contributed by atoms with Gasteiger partial charge in [0, 0.05) is 42.6 Å². The highest BCUT2D eigenvalue weighted by Gasteiger charge is 2.30. The van der Waals surface area contributed by atoms with Gasteiger partial charge in [0.2, 0.25) is 0 Å². The maximum Gasteiger partial charge on any atom is 0.409 e. The van der Waals surface area contributed by atoms with E-state index in [2.05, 4.69) is 10.3 Å². The van der Waals surface area contributed by atoms with Gasteiger partial charge < -0.3 is 29.4 Å². The molecule has 0 saturated carbocycles. The first-order valence-electron chi connectivity index (χ1n) is 13.4. The highest BCUT2D eigenvalue weighted by Crippen LogP contribution is 2.35. The van der Waals surface area contributed by atoms with E-state index in [0.717, 1.165) is 24.3 Å². The van der Waals surface area contributed by atoms with Gasteiger partial charge in [-0.25, -0.2) is 13.3 Å². The van der Waals surface area contributed by atoms with E-state index >= 15 is 0 Å².